The minimum Gasteiger partial charge on any atom is -0.405 e. The molecule has 1 rings (SSSR count). The van der Waals surface area contributed by atoms with Gasteiger partial charge in [0.25, 0.3) is 0 Å². The lowest BCUT2D eigenvalue weighted by atomic mass is 9.75. The van der Waals surface area contributed by atoms with E-state index in [1.54, 1.807) is 13.2 Å². The zero-order valence-corrected chi connectivity index (χ0v) is 13.4. The Morgan fingerprint density at radius 2 is 1.71 bits per heavy atom. The third-order valence-electron chi connectivity index (χ3n) is 2.61. The zero-order valence-electron chi connectivity index (χ0n) is 13.4. The van der Waals surface area contributed by atoms with Crippen molar-refractivity contribution in [2.75, 3.05) is 13.9 Å². The molecule has 0 heterocycles. The van der Waals surface area contributed by atoms with Crippen molar-refractivity contribution in [3.05, 3.63) is 29.6 Å². The van der Waals surface area contributed by atoms with Crippen LogP contribution in [-0.4, -0.2) is 33.2 Å². The van der Waals surface area contributed by atoms with Gasteiger partial charge in [-0.15, -0.1) is 0 Å². The quantitative estimate of drug-likeness (QED) is 0.399. The van der Waals surface area contributed by atoms with Crippen LogP contribution in [0.2, 0.25) is 0 Å². The Bertz CT molecular complexity index is 416. The first-order valence-electron chi connectivity index (χ1n) is 7.10. The van der Waals surface area contributed by atoms with E-state index in [-0.39, 0.29) is 31.4 Å². The second-order valence-electron chi connectivity index (χ2n) is 5.30. The standard InChI is InChI=1S/C15H24BFO4/c1-11(2)20-16(21-12(3)4)15-7-6-14(17)8-13(15)9-19-10-18-5/h6-8,11-12H,9-10H2,1-5H3. The number of rotatable bonds is 9. The number of halogens is 1. The maximum atomic E-state index is 13.5. The summed E-state index contributed by atoms with van der Waals surface area (Å²) in [5.74, 6) is -0.317. The third kappa shape index (κ3) is 6.57. The summed E-state index contributed by atoms with van der Waals surface area (Å²) >= 11 is 0. The van der Waals surface area contributed by atoms with Gasteiger partial charge >= 0.3 is 7.12 Å². The van der Waals surface area contributed by atoms with Gasteiger partial charge in [0.05, 0.1) is 6.61 Å². The van der Waals surface area contributed by atoms with Crippen LogP contribution in [0, 0.1) is 5.82 Å². The lowest BCUT2D eigenvalue weighted by Gasteiger charge is -2.22. The molecule has 118 valence electrons. The molecule has 4 nitrogen and oxygen atoms in total. The fourth-order valence-electron chi connectivity index (χ4n) is 1.84. The summed E-state index contributed by atoms with van der Waals surface area (Å²) in [6.07, 6.45) is -0.0157. The molecule has 0 radical (unpaired) electrons. The van der Waals surface area contributed by atoms with E-state index in [2.05, 4.69) is 0 Å². The Kier molecular flexibility index (Phi) is 7.89. The Balaban J connectivity index is 2.98. The number of hydrogen-bond donors (Lipinski definition) is 0. The Morgan fingerprint density at radius 3 is 2.24 bits per heavy atom. The van der Waals surface area contributed by atoms with Crippen LogP contribution in [0.15, 0.2) is 18.2 Å². The van der Waals surface area contributed by atoms with Crippen LogP contribution in [-0.2, 0) is 25.4 Å². The predicted octanol–water partition coefficient (Wildman–Crippen LogP) is 2.49. The van der Waals surface area contributed by atoms with Crippen LogP contribution in [0.4, 0.5) is 4.39 Å². The number of ether oxygens (including phenoxy) is 2. The molecule has 0 unspecified atom stereocenters. The molecule has 0 aliphatic heterocycles. The molecule has 0 amide bonds. The molecule has 0 aliphatic carbocycles. The molecule has 0 saturated carbocycles. The van der Waals surface area contributed by atoms with E-state index >= 15 is 0 Å². The SMILES string of the molecule is COCOCc1cc(F)ccc1B(OC(C)C)OC(C)C. The fourth-order valence-corrected chi connectivity index (χ4v) is 1.84. The smallest absolute Gasteiger partial charge is 0.405 e. The van der Waals surface area contributed by atoms with Gasteiger partial charge in [0.2, 0.25) is 0 Å². The Hall–Kier alpha value is -0.945. The lowest BCUT2D eigenvalue weighted by molar-refractivity contribution is -0.0389. The van der Waals surface area contributed by atoms with E-state index in [1.165, 1.54) is 12.1 Å². The van der Waals surface area contributed by atoms with E-state index in [1.807, 2.05) is 27.7 Å². The largest absolute Gasteiger partial charge is 0.494 e. The van der Waals surface area contributed by atoms with Crippen LogP contribution >= 0.6 is 0 Å². The third-order valence-corrected chi connectivity index (χ3v) is 2.61. The van der Waals surface area contributed by atoms with Gasteiger partial charge in [-0.05, 0) is 50.9 Å². The van der Waals surface area contributed by atoms with Crippen molar-refractivity contribution in [1.82, 2.24) is 0 Å². The van der Waals surface area contributed by atoms with Gasteiger partial charge in [-0.2, -0.15) is 0 Å². The van der Waals surface area contributed by atoms with Crippen LogP contribution in [0.5, 0.6) is 0 Å². The van der Waals surface area contributed by atoms with Gasteiger partial charge in [-0.1, -0.05) is 6.07 Å². The number of methoxy groups -OCH3 is 1. The highest BCUT2D eigenvalue weighted by atomic mass is 19.1. The van der Waals surface area contributed by atoms with Crippen molar-refractivity contribution in [3.63, 3.8) is 0 Å². The molecule has 0 fully saturated rings. The monoisotopic (exact) mass is 298 g/mol. The lowest BCUT2D eigenvalue weighted by Crippen LogP contribution is -2.42. The summed E-state index contributed by atoms with van der Waals surface area (Å²) in [6, 6.07) is 4.51. The molecule has 21 heavy (non-hydrogen) atoms. The highest BCUT2D eigenvalue weighted by Crippen LogP contribution is 2.09. The molecule has 1 aromatic carbocycles. The molecule has 0 saturated heterocycles. The van der Waals surface area contributed by atoms with E-state index in [9.17, 15) is 4.39 Å². The molecule has 0 atom stereocenters. The second-order valence-corrected chi connectivity index (χ2v) is 5.30. The minimum atomic E-state index is -0.549. The van der Waals surface area contributed by atoms with Crippen molar-refractivity contribution in [1.29, 1.82) is 0 Å². The molecule has 0 aromatic heterocycles. The molecule has 0 aliphatic rings. The van der Waals surface area contributed by atoms with Crippen molar-refractivity contribution < 1.29 is 23.2 Å². The van der Waals surface area contributed by atoms with Crippen LogP contribution < -0.4 is 5.46 Å². The summed E-state index contributed by atoms with van der Waals surface area (Å²) < 4.78 is 35.3. The van der Waals surface area contributed by atoms with Gasteiger partial charge in [-0.25, -0.2) is 4.39 Å². The Morgan fingerprint density at radius 1 is 1.10 bits per heavy atom. The highest BCUT2D eigenvalue weighted by Gasteiger charge is 2.27. The maximum Gasteiger partial charge on any atom is 0.494 e. The first-order chi connectivity index (χ1) is 9.93. The topological polar surface area (TPSA) is 36.9 Å². The second kappa shape index (κ2) is 9.15. The minimum absolute atomic E-state index is 0.00783. The summed E-state index contributed by atoms with van der Waals surface area (Å²) in [4.78, 5) is 0. The maximum absolute atomic E-state index is 13.5. The van der Waals surface area contributed by atoms with Gasteiger partial charge < -0.3 is 18.8 Å². The predicted molar refractivity (Wildman–Crippen MR) is 80.9 cm³/mol. The molecule has 0 bridgehead atoms. The van der Waals surface area contributed by atoms with Crippen molar-refractivity contribution in [3.8, 4) is 0 Å². The average molecular weight is 298 g/mol. The van der Waals surface area contributed by atoms with Crippen LogP contribution in [0.25, 0.3) is 0 Å². The summed E-state index contributed by atoms with van der Waals surface area (Å²) in [7, 11) is 0.991. The van der Waals surface area contributed by atoms with Crippen LogP contribution in [0.3, 0.4) is 0 Å². The molecule has 0 N–H and O–H groups in total. The van der Waals surface area contributed by atoms with E-state index in [4.69, 9.17) is 18.8 Å². The zero-order chi connectivity index (χ0) is 15.8. The summed E-state index contributed by atoms with van der Waals surface area (Å²) in [6.45, 7) is 8.11. The van der Waals surface area contributed by atoms with Crippen molar-refractivity contribution in [2.24, 2.45) is 0 Å². The molecular weight excluding hydrogens is 274 g/mol. The van der Waals surface area contributed by atoms with Crippen molar-refractivity contribution >= 4 is 12.6 Å². The molecule has 0 spiro atoms. The molecular formula is C15H24BFO4. The first kappa shape index (κ1) is 18.1. The van der Waals surface area contributed by atoms with Crippen LogP contribution in [0.1, 0.15) is 33.3 Å². The summed E-state index contributed by atoms with van der Waals surface area (Å²) in [5, 5.41) is 0. The van der Waals surface area contributed by atoms with E-state index in [0.717, 1.165) is 5.46 Å². The van der Waals surface area contributed by atoms with E-state index in [0.29, 0.717) is 5.56 Å². The number of benzene rings is 1. The van der Waals surface area contributed by atoms with Gasteiger partial charge in [0.1, 0.15) is 12.6 Å². The average Bonchev–Trinajstić information content (AvgIpc) is 2.37. The summed E-state index contributed by atoms with van der Waals surface area (Å²) in [5.41, 5.74) is 1.47. The fraction of sp³-hybridized carbons (Fsp3) is 0.600. The van der Waals surface area contributed by atoms with Gasteiger partial charge in [0.15, 0.2) is 0 Å². The van der Waals surface area contributed by atoms with Gasteiger partial charge in [-0.3, -0.25) is 0 Å². The molecule has 1 aromatic rings. The highest BCUT2D eigenvalue weighted by molar-refractivity contribution is 6.61. The Labute approximate surface area is 126 Å². The molecule has 6 heteroatoms. The van der Waals surface area contributed by atoms with Gasteiger partial charge in [0, 0.05) is 19.3 Å². The first-order valence-corrected chi connectivity index (χ1v) is 7.10. The normalized spacial score (nSPS) is 11.4. The van der Waals surface area contributed by atoms with Crippen molar-refractivity contribution in [2.45, 2.75) is 46.5 Å². The van der Waals surface area contributed by atoms with E-state index < -0.39 is 7.12 Å². The number of hydrogen-bond acceptors (Lipinski definition) is 4.